The zero-order valence-corrected chi connectivity index (χ0v) is 11.6. The number of hydrogen-bond donors (Lipinski definition) is 3. The highest BCUT2D eigenvalue weighted by molar-refractivity contribution is 7.98. The van der Waals surface area contributed by atoms with Gasteiger partial charge in [-0.15, -0.1) is 0 Å². The summed E-state index contributed by atoms with van der Waals surface area (Å²) in [6, 6.07) is -0.827. The molecule has 0 radical (unpaired) electrons. The van der Waals surface area contributed by atoms with Crippen LogP contribution in [-0.2, 0) is 9.59 Å². The fourth-order valence-corrected chi connectivity index (χ4v) is 2.68. The van der Waals surface area contributed by atoms with Crippen molar-refractivity contribution >= 4 is 23.6 Å². The van der Waals surface area contributed by atoms with Crippen LogP contribution in [0.2, 0.25) is 0 Å². The molecule has 1 saturated carbocycles. The van der Waals surface area contributed by atoms with Gasteiger partial charge in [0.2, 0.25) is 5.91 Å². The normalized spacial score (nSPS) is 20.1. The molecule has 1 fully saturated rings. The van der Waals surface area contributed by atoms with Crippen LogP contribution in [0.5, 0.6) is 0 Å². The molecule has 6 heteroatoms. The number of carboxylic acid groups (broad SMARTS) is 1. The van der Waals surface area contributed by atoms with Crippen LogP contribution in [-0.4, -0.2) is 40.6 Å². The Kier molecular flexibility index (Phi) is 5.95. The van der Waals surface area contributed by atoms with Crippen molar-refractivity contribution in [2.45, 2.75) is 50.1 Å². The highest BCUT2D eigenvalue weighted by Gasteiger charge is 2.37. The average Bonchev–Trinajstić information content (AvgIpc) is 2.34. The van der Waals surface area contributed by atoms with Crippen molar-refractivity contribution in [2.75, 3.05) is 12.0 Å². The first-order valence-corrected chi connectivity index (χ1v) is 7.70. The first-order chi connectivity index (χ1) is 8.49. The second-order valence-electron chi connectivity index (χ2n) is 4.86. The number of nitrogens with one attached hydrogen (secondary N) is 1. The predicted molar refractivity (Wildman–Crippen MR) is 72.6 cm³/mol. The van der Waals surface area contributed by atoms with Crippen molar-refractivity contribution in [3.63, 3.8) is 0 Å². The quantitative estimate of drug-likeness (QED) is 0.671. The van der Waals surface area contributed by atoms with Gasteiger partial charge in [0.1, 0.15) is 6.04 Å². The third-order valence-corrected chi connectivity index (χ3v) is 4.06. The third kappa shape index (κ3) is 4.17. The number of aliphatic carboxylic acids is 1. The molecule has 1 aliphatic rings. The summed E-state index contributed by atoms with van der Waals surface area (Å²) < 4.78 is 0. The fraction of sp³-hybridized carbons (Fsp3) is 0.833. The van der Waals surface area contributed by atoms with Gasteiger partial charge in [0.25, 0.3) is 0 Å². The Balaban J connectivity index is 2.56. The first-order valence-electron chi connectivity index (χ1n) is 6.31. The molecule has 0 aromatic heterocycles. The molecular formula is C12H22N2O3S. The Morgan fingerprint density at radius 2 is 2.00 bits per heavy atom. The number of carboxylic acids is 1. The van der Waals surface area contributed by atoms with Gasteiger partial charge in [-0.2, -0.15) is 11.8 Å². The van der Waals surface area contributed by atoms with Gasteiger partial charge >= 0.3 is 5.97 Å². The molecule has 1 aliphatic carbocycles. The monoisotopic (exact) mass is 274 g/mol. The second kappa shape index (κ2) is 6.99. The summed E-state index contributed by atoms with van der Waals surface area (Å²) in [5, 5.41) is 11.7. The van der Waals surface area contributed by atoms with E-state index in [1.807, 2.05) is 6.26 Å². The molecule has 5 nitrogen and oxygen atoms in total. The fourth-order valence-electron chi connectivity index (χ4n) is 2.20. The van der Waals surface area contributed by atoms with Gasteiger partial charge < -0.3 is 16.2 Å². The molecule has 1 rings (SSSR count). The average molecular weight is 274 g/mol. The second-order valence-corrected chi connectivity index (χ2v) is 5.85. The minimum Gasteiger partial charge on any atom is -0.480 e. The smallest absolute Gasteiger partial charge is 0.326 e. The minimum absolute atomic E-state index is 0.310. The molecule has 0 heterocycles. The summed E-state index contributed by atoms with van der Waals surface area (Å²) in [6.45, 7) is 0. The lowest BCUT2D eigenvalue weighted by molar-refractivity contribution is -0.143. The number of thioether (sulfide) groups is 1. The largest absolute Gasteiger partial charge is 0.480 e. The topological polar surface area (TPSA) is 92.4 Å². The molecule has 1 atom stereocenters. The molecule has 0 aromatic carbocycles. The summed E-state index contributed by atoms with van der Waals surface area (Å²) in [6.07, 6.45) is 6.60. The van der Waals surface area contributed by atoms with Crippen LogP contribution in [0.25, 0.3) is 0 Å². The highest BCUT2D eigenvalue weighted by Crippen LogP contribution is 2.26. The van der Waals surface area contributed by atoms with E-state index in [-0.39, 0.29) is 5.91 Å². The maximum atomic E-state index is 12.1. The summed E-state index contributed by atoms with van der Waals surface area (Å²) in [4.78, 5) is 23.2. The van der Waals surface area contributed by atoms with E-state index in [2.05, 4.69) is 5.32 Å². The van der Waals surface area contributed by atoms with Crippen molar-refractivity contribution in [3.05, 3.63) is 0 Å². The first kappa shape index (κ1) is 15.3. The predicted octanol–water partition coefficient (Wildman–Crippen LogP) is 0.970. The van der Waals surface area contributed by atoms with Crippen LogP contribution >= 0.6 is 11.8 Å². The van der Waals surface area contributed by atoms with Gasteiger partial charge in [-0.25, -0.2) is 4.79 Å². The van der Waals surface area contributed by atoms with E-state index in [0.717, 1.165) is 19.3 Å². The van der Waals surface area contributed by atoms with E-state index < -0.39 is 17.6 Å². The zero-order chi connectivity index (χ0) is 13.6. The molecule has 0 aliphatic heterocycles. The summed E-state index contributed by atoms with van der Waals surface area (Å²) in [5.41, 5.74) is 5.20. The number of amides is 1. The summed E-state index contributed by atoms with van der Waals surface area (Å²) in [7, 11) is 0. The Morgan fingerprint density at radius 1 is 1.39 bits per heavy atom. The van der Waals surface area contributed by atoms with Crippen LogP contribution in [0.3, 0.4) is 0 Å². The SMILES string of the molecule is CSCC[C@@H](NC(=O)C1(N)CCCCC1)C(=O)O. The standard InChI is InChI=1S/C12H22N2O3S/c1-18-8-5-9(10(15)16)14-11(17)12(13)6-3-2-4-7-12/h9H,2-8,13H2,1H3,(H,14,17)(H,15,16)/t9-/m1/s1. The zero-order valence-electron chi connectivity index (χ0n) is 10.8. The van der Waals surface area contributed by atoms with Crippen molar-refractivity contribution in [1.82, 2.24) is 5.32 Å². The molecule has 0 saturated heterocycles. The van der Waals surface area contributed by atoms with Crippen LogP contribution in [0.1, 0.15) is 38.5 Å². The van der Waals surface area contributed by atoms with Gasteiger partial charge in [-0.1, -0.05) is 19.3 Å². The lowest BCUT2D eigenvalue weighted by Crippen LogP contribution is -2.58. The third-order valence-electron chi connectivity index (χ3n) is 3.41. The number of carbonyl (C=O) groups is 2. The van der Waals surface area contributed by atoms with Gasteiger partial charge in [-0.3, -0.25) is 4.79 Å². The molecule has 18 heavy (non-hydrogen) atoms. The Hall–Kier alpha value is -0.750. The van der Waals surface area contributed by atoms with Crippen molar-refractivity contribution in [1.29, 1.82) is 0 Å². The maximum Gasteiger partial charge on any atom is 0.326 e. The molecule has 1 amide bonds. The van der Waals surface area contributed by atoms with E-state index in [1.165, 1.54) is 0 Å². The lowest BCUT2D eigenvalue weighted by Gasteiger charge is -2.32. The van der Waals surface area contributed by atoms with Gasteiger partial charge in [0.15, 0.2) is 0 Å². The van der Waals surface area contributed by atoms with Crippen LogP contribution < -0.4 is 11.1 Å². The van der Waals surface area contributed by atoms with E-state index in [0.29, 0.717) is 25.0 Å². The van der Waals surface area contributed by atoms with Crippen molar-refractivity contribution < 1.29 is 14.7 Å². The minimum atomic E-state index is -0.989. The molecule has 0 unspecified atom stereocenters. The Labute approximate surface area is 112 Å². The van der Waals surface area contributed by atoms with E-state index >= 15 is 0 Å². The molecular weight excluding hydrogens is 252 g/mol. The Morgan fingerprint density at radius 3 is 2.50 bits per heavy atom. The molecule has 104 valence electrons. The summed E-state index contributed by atoms with van der Waals surface area (Å²) in [5.74, 6) is -0.595. The summed E-state index contributed by atoms with van der Waals surface area (Å²) >= 11 is 1.56. The molecule has 0 spiro atoms. The number of rotatable bonds is 6. The van der Waals surface area contributed by atoms with Crippen LogP contribution in [0.15, 0.2) is 0 Å². The van der Waals surface area contributed by atoms with Gasteiger partial charge in [0.05, 0.1) is 5.54 Å². The maximum absolute atomic E-state index is 12.1. The van der Waals surface area contributed by atoms with Gasteiger partial charge in [-0.05, 0) is 31.3 Å². The van der Waals surface area contributed by atoms with Crippen LogP contribution in [0.4, 0.5) is 0 Å². The molecule has 0 aromatic rings. The van der Waals surface area contributed by atoms with Crippen molar-refractivity contribution in [3.8, 4) is 0 Å². The van der Waals surface area contributed by atoms with Crippen LogP contribution in [0, 0.1) is 0 Å². The Bertz CT molecular complexity index is 304. The number of carbonyl (C=O) groups excluding carboxylic acids is 1. The van der Waals surface area contributed by atoms with E-state index in [9.17, 15) is 9.59 Å². The number of hydrogen-bond acceptors (Lipinski definition) is 4. The van der Waals surface area contributed by atoms with Gasteiger partial charge in [0, 0.05) is 0 Å². The van der Waals surface area contributed by atoms with E-state index in [1.54, 1.807) is 11.8 Å². The molecule has 0 bridgehead atoms. The highest BCUT2D eigenvalue weighted by atomic mass is 32.2. The number of nitrogens with two attached hydrogens (primary N) is 1. The van der Waals surface area contributed by atoms with Crippen molar-refractivity contribution in [2.24, 2.45) is 5.73 Å². The lowest BCUT2D eigenvalue weighted by atomic mass is 9.81. The van der Waals surface area contributed by atoms with E-state index in [4.69, 9.17) is 10.8 Å². The molecule has 4 N–H and O–H groups in total.